The molecule has 2 rings (SSSR count). The predicted molar refractivity (Wildman–Crippen MR) is 77.1 cm³/mol. The number of hydrogen-bond acceptors (Lipinski definition) is 6. The molecule has 3 atom stereocenters. The minimum Gasteiger partial charge on any atom is -0.463 e. The van der Waals surface area contributed by atoms with Crippen LogP contribution >= 0.6 is 15.9 Å². The molecule has 0 aromatic carbocycles. The third-order valence-corrected chi connectivity index (χ3v) is 3.65. The third kappa shape index (κ3) is 3.56. The van der Waals surface area contributed by atoms with Crippen molar-refractivity contribution in [2.75, 3.05) is 6.61 Å². The van der Waals surface area contributed by atoms with Crippen LogP contribution in [0.15, 0.2) is 25.4 Å². The average Bonchev–Trinajstić information content (AvgIpc) is 2.84. The highest BCUT2D eigenvalue weighted by Crippen LogP contribution is 2.30. The molecule has 1 aromatic rings. The number of carbonyl (C=O) groups is 1. The molecule has 22 heavy (non-hydrogen) atoms. The second-order valence-corrected chi connectivity index (χ2v) is 5.44. The Morgan fingerprint density at radius 2 is 2.41 bits per heavy atom. The van der Waals surface area contributed by atoms with Gasteiger partial charge in [0.2, 0.25) is 0 Å². The quantitative estimate of drug-likeness (QED) is 0.360. The van der Waals surface area contributed by atoms with Gasteiger partial charge in [-0.05, 0) is 21.5 Å². The smallest absolute Gasteiger partial charge is 0.330 e. The Morgan fingerprint density at radius 1 is 1.68 bits per heavy atom. The van der Waals surface area contributed by atoms with Gasteiger partial charge in [0.05, 0.1) is 10.5 Å². The van der Waals surface area contributed by atoms with Crippen LogP contribution in [0.5, 0.6) is 0 Å². The first kappa shape index (κ1) is 16.3. The highest BCUT2D eigenvalue weighted by molar-refractivity contribution is 9.10. The fourth-order valence-electron chi connectivity index (χ4n) is 2.10. The lowest BCUT2D eigenvalue weighted by Gasteiger charge is -2.16. The number of aromatic amines is 1. The summed E-state index contributed by atoms with van der Waals surface area (Å²) >= 11 is 3.03. The summed E-state index contributed by atoms with van der Waals surface area (Å²) in [4.78, 5) is 38.9. The fourth-order valence-corrected chi connectivity index (χ4v) is 2.42. The molecule has 1 aliphatic rings. The second kappa shape index (κ2) is 6.77. The minimum absolute atomic E-state index is 0.0885. The molecule has 1 aliphatic heterocycles. The van der Waals surface area contributed by atoms with Crippen LogP contribution < -0.4 is 11.2 Å². The highest BCUT2D eigenvalue weighted by Gasteiger charge is 2.37. The molecule has 0 amide bonds. The van der Waals surface area contributed by atoms with Gasteiger partial charge in [-0.3, -0.25) is 19.1 Å². The van der Waals surface area contributed by atoms with Crippen LogP contribution in [0.4, 0.5) is 0 Å². The van der Waals surface area contributed by atoms with E-state index in [9.17, 15) is 14.4 Å². The SMILES string of the molecule is CC(=O)OC[C@H]1O[C@@H](n2cc(Br)c(=O)[nH]c2=O)C[C@@H]1N=[N+]=[N-]. The molecule has 0 saturated carbocycles. The van der Waals surface area contributed by atoms with Crippen LogP contribution in [-0.2, 0) is 14.3 Å². The number of ether oxygens (including phenoxy) is 2. The van der Waals surface area contributed by atoms with E-state index in [-0.39, 0.29) is 17.5 Å². The molecule has 2 heterocycles. The third-order valence-electron chi connectivity index (χ3n) is 3.09. The van der Waals surface area contributed by atoms with Crippen molar-refractivity contribution in [3.8, 4) is 0 Å². The van der Waals surface area contributed by atoms with Crippen molar-refractivity contribution in [2.24, 2.45) is 5.11 Å². The summed E-state index contributed by atoms with van der Waals surface area (Å²) in [6.45, 7) is 1.16. The van der Waals surface area contributed by atoms with Crippen LogP contribution in [0.2, 0.25) is 0 Å². The molecule has 0 spiro atoms. The van der Waals surface area contributed by atoms with Gasteiger partial charge in [0.1, 0.15) is 18.9 Å². The fraction of sp³-hybridized carbons (Fsp3) is 0.545. The Bertz CT molecular complexity index is 737. The normalized spacial score (nSPS) is 23.8. The zero-order valence-electron chi connectivity index (χ0n) is 11.4. The molecule has 0 radical (unpaired) electrons. The number of esters is 1. The number of nitrogens with zero attached hydrogens (tertiary/aromatic N) is 4. The molecular weight excluding hydrogens is 362 g/mol. The molecule has 10 nitrogen and oxygen atoms in total. The van der Waals surface area contributed by atoms with Crippen LogP contribution in [-0.4, -0.2) is 34.3 Å². The Morgan fingerprint density at radius 3 is 3.05 bits per heavy atom. The lowest BCUT2D eigenvalue weighted by atomic mass is 10.1. The zero-order chi connectivity index (χ0) is 16.3. The van der Waals surface area contributed by atoms with Crippen LogP contribution in [0.3, 0.4) is 0 Å². The topological polar surface area (TPSA) is 139 Å². The number of azide groups is 1. The number of H-pyrrole nitrogens is 1. The van der Waals surface area contributed by atoms with Gasteiger partial charge in [0.15, 0.2) is 0 Å². The number of halogens is 1. The van der Waals surface area contributed by atoms with E-state index in [1.54, 1.807) is 0 Å². The second-order valence-electron chi connectivity index (χ2n) is 4.58. The summed E-state index contributed by atoms with van der Waals surface area (Å²) in [6, 6.07) is -0.591. The van der Waals surface area contributed by atoms with Gasteiger partial charge in [0, 0.05) is 24.5 Å². The van der Waals surface area contributed by atoms with Gasteiger partial charge in [-0.2, -0.15) is 0 Å². The molecule has 1 fully saturated rings. The van der Waals surface area contributed by atoms with Gasteiger partial charge < -0.3 is 9.47 Å². The maximum absolute atomic E-state index is 11.8. The average molecular weight is 374 g/mol. The maximum atomic E-state index is 11.8. The summed E-state index contributed by atoms with van der Waals surface area (Å²) in [6.07, 6.45) is 0.112. The summed E-state index contributed by atoms with van der Waals surface area (Å²) < 4.78 is 11.8. The Labute approximate surface area is 131 Å². The molecular formula is C11H12BrN5O5. The van der Waals surface area contributed by atoms with Crippen molar-refractivity contribution in [1.82, 2.24) is 9.55 Å². The van der Waals surface area contributed by atoms with E-state index in [4.69, 9.17) is 15.0 Å². The van der Waals surface area contributed by atoms with Gasteiger partial charge in [-0.15, -0.1) is 0 Å². The van der Waals surface area contributed by atoms with Crippen molar-refractivity contribution < 1.29 is 14.3 Å². The van der Waals surface area contributed by atoms with Gasteiger partial charge in [0.25, 0.3) is 5.56 Å². The minimum atomic E-state index is -0.739. The first-order valence-corrected chi connectivity index (χ1v) is 7.05. The Balaban J connectivity index is 2.25. The summed E-state index contributed by atoms with van der Waals surface area (Å²) in [7, 11) is 0. The van der Waals surface area contributed by atoms with Crippen molar-refractivity contribution in [2.45, 2.75) is 31.7 Å². The summed E-state index contributed by atoms with van der Waals surface area (Å²) in [5.74, 6) is -0.490. The number of carbonyl (C=O) groups excluding carboxylic acids is 1. The van der Waals surface area contributed by atoms with Crippen molar-refractivity contribution >= 4 is 21.9 Å². The van der Waals surface area contributed by atoms with E-state index >= 15 is 0 Å². The standard InChI is InChI=1S/C11H12BrN5O5/c1-5(18)21-4-8-7(15-16-13)2-9(22-8)17-3-6(12)10(19)14-11(17)20/h3,7-9H,2,4H2,1H3,(H,14,19,20)/t7-,8+,9+/m0/s1. The van der Waals surface area contributed by atoms with Crippen molar-refractivity contribution in [3.05, 3.63) is 42.0 Å². The van der Waals surface area contributed by atoms with E-state index in [1.807, 2.05) is 0 Å². The molecule has 11 heteroatoms. The van der Waals surface area contributed by atoms with E-state index in [1.165, 1.54) is 17.7 Å². The molecule has 0 bridgehead atoms. The van der Waals surface area contributed by atoms with Gasteiger partial charge in [-0.1, -0.05) is 5.11 Å². The number of aromatic nitrogens is 2. The molecule has 1 N–H and O–H groups in total. The first-order valence-electron chi connectivity index (χ1n) is 6.26. The largest absolute Gasteiger partial charge is 0.463 e. The van der Waals surface area contributed by atoms with E-state index < -0.39 is 35.6 Å². The molecule has 118 valence electrons. The van der Waals surface area contributed by atoms with Crippen LogP contribution in [0.25, 0.3) is 10.4 Å². The Hall–Kier alpha value is -2.10. The summed E-state index contributed by atoms with van der Waals surface area (Å²) in [5.41, 5.74) is 7.38. The maximum Gasteiger partial charge on any atom is 0.330 e. The van der Waals surface area contributed by atoms with Crippen LogP contribution in [0, 0.1) is 0 Å². The van der Waals surface area contributed by atoms with E-state index in [2.05, 4.69) is 30.9 Å². The summed E-state index contributed by atoms with van der Waals surface area (Å²) in [5, 5.41) is 3.59. The number of hydrogen-bond donors (Lipinski definition) is 1. The molecule has 1 aromatic heterocycles. The molecule has 0 aliphatic carbocycles. The lowest BCUT2D eigenvalue weighted by Crippen LogP contribution is -2.32. The first-order chi connectivity index (χ1) is 10.4. The van der Waals surface area contributed by atoms with E-state index in [0.717, 1.165) is 0 Å². The van der Waals surface area contributed by atoms with E-state index in [0.29, 0.717) is 0 Å². The van der Waals surface area contributed by atoms with Crippen molar-refractivity contribution in [3.63, 3.8) is 0 Å². The Kier molecular flexibility index (Phi) is 5.01. The highest BCUT2D eigenvalue weighted by atomic mass is 79.9. The lowest BCUT2D eigenvalue weighted by molar-refractivity contribution is -0.146. The predicted octanol–water partition coefficient (Wildman–Crippen LogP) is 0.829. The monoisotopic (exact) mass is 373 g/mol. The van der Waals surface area contributed by atoms with Crippen molar-refractivity contribution in [1.29, 1.82) is 0 Å². The van der Waals surface area contributed by atoms with Gasteiger partial charge >= 0.3 is 11.7 Å². The number of nitrogens with one attached hydrogen (secondary N) is 1. The van der Waals surface area contributed by atoms with Gasteiger partial charge in [-0.25, -0.2) is 4.79 Å². The molecule has 0 unspecified atom stereocenters. The zero-order valence-corrected chi connectivity index (χ0v) is 13.0. The number of rotatable bonds is 4. The van der Waals surface area contributed by atoms with Crippen LogP contribution in [0.1, 0.15) is 19.6 Å². The molecule has 1 saturated heterocycles.